The van der Waals surface area contributed by atoms with Crippen molar-refractivity contribution in [2.45, 2.75) is 27.2 Å². The zero-order chi connectivity index (χ0) is 12.1. The first kappa shape index (κ1) is 12.7. The van der Waals surface area contributed by atoms with Gasteiger partial charge < -0.3 is 10.6 Å². The molecule has 0 aliphatic rings. The number of nitrogens with one attached hydrogen (secondary N) is 2. The second kappa shape index (κ2) is 5.66. The Morgan fingerprint density at radius 3 is 2.38 bits per heavy atom. The summed E-state index contributed by atoms with van der Waals surface area (Å²) in [5.41, 5.74) is 4.49. The minimum Gasteiger partial charge on any atom is -0.326 e. The topological polar surface area (TPSA) is 41.1 Å². The van der Waals surface area contributed by atoms with E-state index >= 15 is 0 Å². The van der Waals surface area contributed by atoms with Crippen LogP contribution in [0.1, 0.15) is 23.1 Å². The predicted molar refractivity (Wildman–Crippen MR) is 67.8 cm³/mol. The zero-order valence-electron chi connectivity index (χ0n) is 10.5. The highest BCUT2D eigenvalue weighted by Gasteiger charge is 2.05. The van der Waals surface area contributed by atoms with E-state index in [1.54, 1.807) is 0 Å². The average molecular weight is 220 g/mol. The summed E-state index contributed by atoms with van der Waals surface area (Å²) >= 11 is 0. The second-order valence-electron chi connectivity index (χ2n) is 4.15. The number of hydrogen-bond acceptors (Lipinski definition) is 2. The van der Waals surface area contributed by atoms with Crippen LogP contribution < -0.4 is 10.6 Å². The lowest BCUT2D eigenvalue weighted by atomic mass is 10.0. The molecule has 3 heteroatoms. The van der Waals surface area contributed by atoms with Crippen molar-refractivity contribution >= 4 is 11.6 Å². The van der Waals surface area contributed by atoms with Crippen LogP contribution in [0.15, 0.2) is 12.1 Å². The Labute approximate surface area is 97.2 Å². The Bertz CT molecular complexity index is 386. The number of benzene rings is 1. The summed E-state index contributed by atoms with van der Waals surface area (Å²) in [4.78, 5) is 11.6. The van der Waals surface area contributed by atoms with Gasteiger partial charge in [0.1, 0.15) is 0 Å². The molecule has 0 unspecified atom stereocenters. The molecule has 0 fully saturated rings. The Morgan fingerprint density at radius 1 is 1.12 bits per heavy atom. The molecule has 0 spiro atoms. The summed E-state index contributed by atoms with van der Waals surface area (Å²) in [6.45, 7) is 6.85. The first-order chi connectivity index (χ1) is 7.54. The fourth-order valence-corrected chi connectivity index (χ4v) is 1.55. The van der Waals surface area contributed by atoms with Gasteiger partial charge in [-0.05, 0) is 50.6 Å². The molecule has 0 saturated carbocycles. The maximum Gasteiger partial charge on any atom is 0.225 e. The lowest BCUT2D eigenvalue weighted by Gasteiger charge is -2.11. The van der Waals surface area contributed by atoms with Gasteiger partial charge in [-0.2, -0.15) is 0 Å². The third-order valence-electron chi connectivity index (χ3n) is 2.72. The van der Waals surface area contributed by atoms with Gasteiger partial charge in [-0.25, -0.2) is 0 Å². The Kier molecular flexibility index (Phi) is 4.50. The van der Waals surface area contributed by atoms with Crippen molar-refractivity contribution < 1.29 is 4.79 Å². The Hall–Kier alpha value is -1.35. The lowest BCUT2D eigenvalue weighted by Crippen LogP contribution is -2.19. The molecule has 0 aliphatic carbocycles. The van der Waals surface area contributed by atoms with E-state index in [1.807, 2.05) is 20.0 Å². The fraction of sp³-hybridized carbons (Fsp3) is 0.462. The highest BCUT2D eigenvalue weighted by Crippen LogP contribution is 2.19. The van der Waals surface area contributed by atoms with Gasteiger partial charge in [-0.3, -0.25) is 4.79 Å². The maximum atomic E-state index is 11.6. The molecule has 1 amide bonds. The minimum absolute atomic E-state index is 0.0562. The van der Waals surface area contributed by atoms with Crippen molar-refractivity contribution in [3.8, 4) is 0 Å². The van der Waals surface area contributed by atoms with E-state index in [4.69, 9.17) is 0 Å². The molecule has 88 valence electrons. The molecule has 0 aromatic heterocycles. The van der Waals surface area contributed by atoms with E-state index in [-0.39, 0.29) is 5.91 Å². The van der Waals surface area contributed by atoms with Crippen LogP contribution >= 0.6 is 0 Å². The summed E-state index contributed by atoms with van der Waals surface area (Å²) in [6.07, 6.45) is 0.503. The van der Waals surface area contributed by atoms with Gasteiger partial charge in [-0.1, -0.05) is 6.07 Å². The van der Waals surface area contributed by atoms with E-state index in [1.165, 1.54) is 11.1 Å². The molecule has 0 bridgehead atoms. The third-order valence-corrected chi connectivity index (χ3v) is 2.72. The quantitative estimate of drug-likeness (QED) is 0.816. The van der Waals surface area contributed by atoms with Crippen LogP contribution in [0.4, 0.5) is 5.69 Å². The molecule has 0 radical (unpaired) electrons. The molecule has 0 atom stereocenters. The van der Waals surface area contributed by atoms with Crippen LogP contribution in [0, 0.1) is 20.8 Å². The molecule has 3 nitrogen and oxygen atoms in total. The number of aryl methyl sites for hydroxylation is 3. The van der Waals surface area contributed by atoms with E-state index in [0.717, 1.165) is 11.3 Å². The third kappa shape index (κ3) is 3.35. The molecule has 0 heterocycles. The van der Waals surface area contributed by atoms with Crippen LogP contribution in [0.3, 0.4) is 0 Å². The summed E-state index contributed by atoms with van der Waals surface area (Å²) in [6, 6.07) is 4.13. The second-order valence-corrected chi connectivity index (χ2v) is 4.15. The van der Waals surface area contributed by atoms with Gasteiger partial charge in [0.05, 0.1) is 0 Å². The molecule has 2 N–H and O–H groups in total. The number of carbonyl (C=O) groups is 1. The van der Waals surface area contributed by atoms with Gasteiger partial charge in [0.15, 0.2) is 0 Å². The standard InChI is InChI=1S/C13H20N2O/c1-9-7-11(3)12(8-10(9)2)15-13(16)5-6-14-4/h7-8,14H,5-6H2,1-4H3,(H,15,16). The molecule has 0 saturated heterocycles. The van der Waals surface area contributed by atoms with E-state index in [9.17, 15) is 4.79 Å². The summed E-state index contributed by atoms with van der Waals surface area (Å²) < 4.78 is 0. The zero-order valence-corrected chi connectivity index (χ0v) is 10.5. The number of amides is 1. The van der Waals surface area contributed by atoms with Crippen molar-refractivity contribution in [1.82, 2.24) is 5.32 Å². The van der Waals surface area contributed by atoms with E-state index in [2.05, 4.69) is 30.5 Å². The summed E-state index contributed by atoms with van der Waals surface area (Å²) in [7, 11) is 1.84. The number of anilines is 1. The first-order valence-corrected chi connectivity index (χ1v) is 5.57. The van der Waals surface area contributed by atoms with Gasteiger partial charge >= 0.3 is 0 Å². The van der Waals surface area contributed by atoms with Crippen LogP contribution in [0.5, 0.6) is 0 Å². The fourth-order valence-electron chi connectivity index (χ4n) is 1.55. The largest absolute Gasteiger partial charge is 0.326 e. The molecule has 16 heavy (non-hydrogen) atoms. The number of hydrogen-bond donors (Lipinski definition) is 2. The van der Waals surface area contributed by atoms with Crippen molar-refractivity contribution in [3.63, 3.8) is 0 Å². The molecular weight excluding hydrogens is 200 g/mol. The van der Waals surface area contributed by atoms with Crippen LogP contribution in [0.25, 0.3) is 0 Å². The van der Waals surface area contributed by atoms with E-state index in [0.29, 0.717) is 13.0 Å². The lowest BCUT2D eigenvalue weighted by molar-refractivity contribution is -0.116. The van der Waals surface area contributed by atoms with Gasteiger partial charge in [-0.15, -0.1) is 0 Å². The maximum absolute atomic E-state index is 11.6. The Morgan fingerprint density at radius 2 is 1.75 bits per heavy atom. The minimum atomic E-state index is 0.0562. The van der Waals surface area contributed by atoms with Crippen LogP contribution in [-0.4, -0.2) is 19.5 Å². The monoisotopic (exact) mass is 220 g/mol. The van der Waals surface area contributed by atoms with Gasteiger partial charge in [0.25, 0.3) is 0 Å². The smallest absolute Gasteiger partial charge is 0.225 e. The number of rotatable bonds is 4. The molecule has 1 rings (SSSR count). The number of carbonyl (C=O) groups excluding carboxylic acids is 1. The normalized spacial score (nSPS) is 10.2. The highest BCUT2D eigenvalue weighted by molar-refractivity contribution is 5.91. The highest BCUT2D eigenvalue weighted by atomic mass is 16.1. The van der Waals surface area contributed by atoms with Gasteiger partial charge in [0.2, 0.25) is 5.91 Å². The Balaban J connectivity index is 2.73. The van der Waals surface area contributed by atoms with Crippen LogP contribution in [0.2, 0.25) is 0 Å². The van der Waals surface area contributed by atoms with Crippen molar-refractivity contribution in [1.29, 1.82) is 0 Å². The molecular formula is C13H20N2O. The molecule has 1 aromatic carbocycles. The first-order valence-electron chi connectivity index (χ1n) is 5.57. The van der Waals surface area contributed by atoms with Crippen molar-refractivity contribution in [2.75, 3.05) is 18.9 Å². The SMILES string of the molecule is CNCCC(=O)Nc1cc(C)c(C)cc1C. The molecule has 1 aromatic rings. The van der Waals surface area contributed by atoms with Crippen molar-refractivity contribution in [3.05, 3.63) is 28.8 Å². The van der Waals surface area contributed by atoms with Crippen LogP contribution in [-0.2, 0) is 4.79 Å². The summed E-state index contributed by atoms with van der Waals surface area (Å²) in [5, 5.41) is 5.89. The summed E-state index contributed by atoms with van der Waals surface area (Å²) in [5.74, 6) is 0.0562. The average Bonchev–Trinajstić information content (AvgIpc) is 2.23. The molecule has 0 aliphatic heterocycles. The van der Waals surface area contributed by atoms with Crippen molar-refractivity contribution in [2.24, 2.45) is 0 Å². The van der Waals surface area contributed by atoms with E-state index < -0.39 is 0 Å². The van der Waals surface area contributed by atoms with Gasteiger partial charge in [0, 0.05) is 18.7 Å². The predicted octanol–water partition coefficient (Wildman–Crippen LogP) is 2.16.